The van der Waals surface area contributed by atoms with Crippen LogP contribution in [0.15, 0.2) is 54.7 Å². The van der Waals surface area contributed by atoms with Crippen LogP contribution in [-0.4, -0.2) is 59.2 Å². The number of carbonyl (C=O) groups excluding carboxylic acids is 1. The molecular weight excluding hydrogens is 426 g/mol. The van der Waals surface area contributed by atoms with Crippen molar-refractivity contribution in [3.63, 3.8) is 0 Å². The zero-order valence-corrected chi connectivity index (χ0v) is 18.9. The summed E-state index contributed by atoms with van der Waals surface area (Å²) < 4.78 is 34.9. The largest absolute Gasteiger partial charge is 0.459 e. The molecule has 0 radical (unpaired) electrons. The molecule has 0 saturated carbocycles. The first-order valence-corrected chi connectivity index (χ1v) is 11.1. The number of ether oxygens (including phenoxy) is 1. The van der Waals surface area contributed by atoms with Crippen LogP contribution in [0.2, 0.25) is 0 Å². The van der Waals surface area contributed by atoms with E-state index in [1.165, 1.54) is 29.8 Å². The van der Waals surface area contributed by atoms with Gasteiger partial charge in [0, 0.05) is 50.9 Å². The molecular formula is C25H28F2N4O2. The Hall–Kier alpha value is -3.26. The molecule has 0 bridgehead atoms. The number of anilines is 1. The first-order chi connectivity index (χ1) is 15.9. The Morgan fingerprint density at radius 1 is 1.00 bits per heavy atom. The predicted octanol–water partition coefficient (Wildman–Crippen LogP) is 3.89. The lowest BCUT2D eigenvalue weighted by Gasteiger charge is -2.37. The second-order valence-corrected chi connectivity index (χ2v) is 8.38. The van der Waals surface area contributed by atoms with Gasteiger partial charge in [0.25, 0.3) is 0 Å². The summed E-state index contributed by atoms with van der Waals surface area (Å²) in [5, 5.41) is 0. The van der Waals surface area contributed by atoms with E-state index >= 15 is 0 Å². The normalized spacial score (nSPS) is 15.5. The monoisotopic (exact) mass is 454 g/mol. The number of benzene rings is 2. The molecule has 0 N–H and O–H groups in total. The van der Waals surface area contributed by atoms with Crippen molar-refractivity contribution in [2.24, 2.45) is 0 Å². The minimum atomic E-state index is -0.521. The summed E-state index contributed by atoms with van der Waals surface area (Å²) in [6, 6.07) is 14.2. The van der Waals surface area contributed by atoms with Crippen LogP contribution in [0.4, 0.5) is 14.5 Å². The lowest BCUT2D eigenvalue weighted by molar-refractivity contribution is -0.148. The Bertz CT molecular complexity index is 1070. The maximum Gasteiger partial charge on any atom is 0.303 e. The van der Waals surface area contributed by atoms with Gasteiger partial charge in [-0.3, -0.25) is 14.3 Å². The summed E-state index contributed by atoms with van der Waals surface area (Å²) in [6.07, 6.45) is 0.675. The highest BCUT2D eigenvalue weighted by Gasteiger charge is 2.24. The maximum absolute atomic E-state index is 14.6. The topological polar surface area (TPSA) is 50.6 Å². The van der Waals surface area contributed by atoms with Gasteiger partial charge in [0.15, 0.2) is 0 Å². The third-order valence-corrected chi connectivity index (χ3v) is 5.86. The number of nitrogens with zero attached hydrogens (tertiary/aromatic N) is 4. The minimum absolute atomic E-state index is 0.173. The fourth-order valence-corrected chi connectivity index (χ4v) is 4.16. The van der Waals surface area contributed by atoms with E-state index in [0.717, 1.165) is 43.0 Å². The first kappa shape index (κ1) is 22.9. The Morgan fingerprint density at radius 2 is 1.67 bits per heavy atom. The van der Waals surface area contributed by atoms with Crippen LogP contribution >= 0.6 is 0 Å². The van der Waals surface area contributed by atoms with Crippen molar-refractivity contribution in [2.45, 2.75) is 26.5 Å². The molecule has 174 valence electrons. The minimum Gasteiger partial charge on any atom is -0.459 e. The van der Waals surface area contributed by atoms with Crippen LogP contribution in [0, 0.1) is 18.7 Å². The number of aromatic nitrogens is 2. The van der Waals surface area contributed by atoms with Crippen molar-refractivity contribution in [1.82, 2.24) is 14.5 Å². The van der Waals surface area contributed by atoms with Crippen molar-refractivity contribution in [1.29, 1.82) is 0 Å². The van der Waals surface area contributed by atoms with Crippen LogP contribution in [0.5, 0.6) is 0 Å². The number of aryl methyl sites for hydroxylation is 1. The predicted molar refractivity (Wildman–Crippen MR) is 123 cm³/mol. The van der Waals surface area contributed by atoms with Crippen LogP contribution in [0.25, 0.3) is 11.4 Å². The average Bonchev–Trinajstić information content (AvgIpc) is 3.15. The Balaban J connectivity index is 1.43. The molecule has 1 unspecified atom stereocenters. The third-order valence-electron chi connectivity index (χ3n) is 5.86. The average molecular weight is 455 g/mol. The van der Waals surface area contributed by atoms with E-state index in [1.54, 1.807) is 12.1 Å². The Labute approximate surface area is 192 Å². The Morgan fingerprint density at radius 3 is 2.30 bits per heavy atom. The van der Waals surface area contributed by atoms with E-state index < -0.39 is 18.0 Å². The van der Waals surface area contributed by atoms with E-state index in [-0.39, 0.29) is 12.4 Å². The third kappa shape index (κ3) is 5.76. The molecule has 33 heavy (non-hydrogen) atoms. The van der Waals surface area contributed by atoms with Gasteiger partial charge in [0.1, 0.15) is 17.7 Å². The smallest absolute Gasteiger partial charge is 0.303 e. The molecule has 3 aromatic rings. The highest BCUT2D eigenvalue weighted by molar-refractivity contribution is 5.66. The van der Waals surface area contributed by atoms with Crippen molar-refractivity contribution in [3.8, 4) is 11.4 Å². The molecule has 2 heterocycles. The van der Waals surface area contributed by atoms with Gasteiger partial charge in [-0.2, -0.15) is 4.39 Å². The number of hydrogen-bond donors (Lipinski definition) is 0. The second kappa shape index (κ2) is 10.1. The molecule has 1 atom stereocenters. The number of piperazine rings is 1. The molecule has 1 fully saturated rings. The van der Waals surface area contributed by atoms with Crippen LogP contribution in [-0.2, 0) is 16.1 Å². The summed E-state index contributed by atoms with van der Waals surface area (Å²) in [6.45, 7) is 7.07. The lowest BCUT2D eigenvalue weighted by Crippen LogP contribution is -2.49. The van der Waals surface area contributed by atoms with Gasteiger partial charge in [-0.15, -0.1) is 0 Å². The fourth-order valence-electron chi connectivity index (χ4n) is 4.16. The van der Waals surface area contributed by atoms with Gasteiger partial charge in [0.2, 0.25) is 5.95 Å². The molecule has 1 aliphatic heterocycles. The summed E-state index contributed by atoms with van der Waals surface area (Å²) >= 11 is 0. The van der Waals surface area contributed by atoms with Crippen molar-refractivity contribution in [2.75, 3.05) is 37.6 Å². The number of halogens is 2. The number of carbonyl (C=O) groups is 1. The first-order valence-electron chi connectivity index (χ1n) is 11.1. The quantitative estimate of drug-likeness (QED) is 0.507. The van der Waals surface area contributed by atoms with Gasteiger partial charge in [-0.05, 0) is 31.2 Å². The number of imidazole rings is 1. The number of rotatable bonds is 7. The molecule has 1 aromatic heterocycles. The summed E-state index contributed by atoms with van der Waals surface area (Å²) in [5.41, 5.74) is 2.89. The van der Waals surface area contributed by atoms with Crippen molar-refractivity contribution >= 4 is 11.7 Å². The number of esters is 1. The molecule has 0 aliphatic carbocycles. The molecule has 1 aliphatic rings. The van der Waals surface area contributed by atoms with Crippen LogP contribution < -0.4 is 4.90 Å². The molecule has 2 aromatic carbocycles. The van der Waals surface area contributed by atoms with Gasteiger partial charge in [-0.1, -0.05) is 29.8 Å². The summed E-state index contributed by atoms with van der Waals surface area (Å²) in [4.78, 5) is 20.4. The van der Waals surface area contributed by atoms with E-state index in [1.807, 2.05) is 31.2 Å². The maximum atomic E-state index is 14.6. The number of hydrogen-bond acceptors (Lipinski definition) is 5. The highest BCUT2D eigenvalue weighted by atomic mass is 19.1. The van der Waals surface area contributed by atoms with Crippen LogP contribution in [0.1, 0.15) is 12.5 Å². The van der Waals surface area contributed by atoms with Crippen molar-refractivity contribution in [3.05, 3.63) is 72.1 Å². The van der Waals surface area contributed by atoms with Gasteiger partial charge in [0.05, 0.1) is 12.7 Å². The van der Waals surface area contributed by atoms with Gasteiger partial charge in [-0.25, -0.2) is 9.37 Å². The van der Waals surface area contributed by atoms with E-state index in [2.05, 4.69) is 14.8 Å². The summed E-state index contributed by atoms with van der Waals surface area (Å²) in [5.74, 6) is -0.615. The molecule has 0 amide bonds. The molecule has 1 saturated heterocycles. The second-order valence-electron chi connectivity index (χ2n) is 8.38. The zero-order valence-electron chi connectivity index (χ0n) is 18.9. The summed E-state index contributed by atoms with van der Waals surface area (Å²) in [7, 11) is 0. The molecule has 8 heteroatoms. The SMILES string of the molecule is CC(=O)OC(CN1CCN(c2ccc(F)cc2)CC1)Cn1c(F)cnc1-c1ccc(C)cc1. The lowest BCUT2D eigenvalue weighted by atomic mass is 10.1. The standard InChI is InChI=1S/C25H28F2N4O2/c1-18-3-5-20(6-4-18)25-28-15-24(27)31(25)17-23(33-19(2)32)16-29-11-13-30(14-12-29)22-9-7-21(26)8-10-22/h3-10,15,23H,11-14,16-17H2,1-2H3. The Kier molecular flexibility index (Phi) is 7.03. The van der Waals surface area contributed by atoms with Gasteiger partial charge < -0.3 is 9.64 Å². The van der Waals surface area contributed by atoms with E-state index in [0.29, 0.717) is 12.4 Å². The fraction of sp³-hybridized carbons (Fsp3) is 0.360. The zero-order chi connectivity index (χ0) is 23.4. The van der Waals surface area contributed by atoms with Crippen LogP contribution in [0.3, 0.4) is 0 Å². The van der Waals surface area contributed by atoms with Crippen molar-refractivity contribution < 1.29 is 18.3 Å². The van der Waals surface area contributed by atoms with E-state index in [4.69, 9.17) is 4.74 Å². The highest BCUT2D eigenvalue weighted by Crippen LogP contribution is 2.22. The molecule has 4 rings (SSSR count). The van der Waals surface area contributed by atoms with E-state index in [9.17, 15) is 13.6 Å². The molecule has 6 nitrogen and oxygen atoms in total. The van der Waals surface area contributed by atoms with Gasteiger partial charge >= 0.3 is 5.97 Å². The molecule has 0 spiro atoms.